The summed E-state index contributed by atoms with van der Waals surface area (Å²) in [5.41, 5.74) is 2.07. The summed E-state index contributed by atoms with van der Waals surface area (Å²) in [5, 5.41) is 6.36. The standard InChI is InChI=1S/C14H21N3O/c1-10-4-3-6-16-13(10)9-17-14(18)12-5-7-15-11(2)8-12/h3-4,6,11-12,15H,5,7-9H2,1-2H3,(H,17,18)/t11-,12-/m0/s1. The van der Waals surface area contributed by atoms with Crippen molar-refractivity contribution in [3.05, 3.63) is 29.6 Å². The summed E-state index contributed by atoms with van der Waals surface area (Å²) in [7, 11) is 0. The van der Waals surface area contributed by atoms with E-state index in [1.54, 1.807) is 6.20 Å². The molecule has 0 aromatic carbocycles. The first-order valence-corrected chi connectivity index (χ1v) is 6.58. The molecule has 0 spiro atoms. The van der Waals surface area contributed by atoms with Crippen LogP contribution < -0.4 is 10.6 Å². The lowest BCUT2D eigenvalue weighted by atomic mass is 9.92. The second kappa shape index (κ2) is 5.96. The first kappa shape index (κ1) is 13.0. The van der Waals surface area contributed by atoms with Crippen LogP contribution in [0.3, 0.4) is 0 Å². The van der Waals surface area contributed by atoms with E-state index in [1.165, 1.54) is 0 Å². The monoisotopic (exact) mass is 247 g/mol. The molecule has 2 heterocycles. The molecule has 0 saturated carbocycles. The van der Waals surface area contributed by atoms with Crippen LogP contribution in [0, 0.1) is 12.8 Å². The topological polar surface area (TPSA) is 54.0 Å². The van der Waals surface area contributed by atoms with Gasteiger partial charge in [-0.25, -0.2) is 0 Å². The van der Waals surface area contributed by atoms with Crippen molar-refractivity contribution in [3.8, 4) is 0 Å². The lowest BCUT2D eigenvalue weighted by Gasteiger charge is -2.27. The van der Waals surface area contributed by atoms with Gasteiger partial charge in [0.05, 0.1) is 12.2 Å². The minimum atomic E-state index is 0.144. The quantitative estimate of drug-likeness (QED) is 0.849. The molecule has 1 amide bonds. The Hall–Kier alpha value is -1.42. The summed E-state index contributed by atoms with van der Waals surface area (Å²) in [6.45, 7) is 5.61. The molecule has 2 N–H and O–H groups in total. The van der Waals surface area contributed by atoms with Gasteiger partial charge in [-0.1, -0.05) is 6.07 Å². The highest BCUT2D eigenvalue weighted by Gasteiger charge is 2.24. The maximum absolute atomic E-state index is 12.1. The van der Waals surface area contributed by atoms with Crippen LogP contribution in [0.4, 0.5) is 0 Å². The predicted molar refractivity (Wildman–Crippen MR) is 71.0 cm³/mol. The summed E-state index contributed by atoms with van der Waals surface area (Å²) < 4.78 is 0. The number of amides is 1. The average molecular weight is 247 g/mol. The highest BCUT2D eigenvalue weighted by Crippen LogP contribution is 2.16. The molecule has 4 nitrogen and oxygen atoms in total. The summed E-state index contributed by atoms with van der Waals surface area (Å²) in [6, 6.07) is 4.36. The maximum Gasteiger partial charge on any atom is 0.223 e. The van der Waals surface area contributed by atoms with Crippen molar-refractivity contribution in [3.63, 3.8) is 0 Å². The normalized spacial score (nSPS) is 23.7. The van der Waals surface area contributed by atoms with Crippen LogP contribution in [-0.2, 0) is 11.3 Å². The molecule has 4 heteroatoms. The number of nitrogens with zero attached hydrogens (tertiary/aromatic N) is 1. The van der Waals surface area contributed by atoms with Crippen molar-refractivity contribution in [2.75, 3.05) is 6.54 Å². The Kier molecular flexibility index (Phi) is 4.31. The van der Waals surface area contributed by atoms with E-state index in [0.717, 1.165) is 30.6 Å². The van der Waals surface area contributed by atoms with Crippen LogP contribution in [0.25, 0.3) is 0 Å². The third kappa shape index (κ3) is 3.29. The van der Waals surface area contributed by atoms with Gasteiger partial charge in [0.15, 0.2) is 0 Å². The Bertz CT molecular complexity index is 419. The van der Waals surface area contributed by atoms with Gasteiger partial charge in [-0.15, -0.1) is 0 Å². The fourth-order valence-electron chi connectivity index (χ4n) is 2.39. The molecule has 1 saturated heterocycles. The van der Waals surface area contributed by atoms with Crippen molar-refractivity contribution >= 4 is 5.91 Å². The SMILES string of the molecule is Cc1cccnc1CNC(=O)[C@H]1CCN[C@@H](C)C1. The fourth-order valence-corrected chi connectivity index (χ4v) is 2.39. The number of hydrogen-bond acceptors (Lipinski definition) is 3. The summed E-state index contributed by atoms with van der Waals surface area (Å²) in [5.74, 6) is 0.304. The molecule has 0 radical (unpaired) electrons. The highest BCUT2D eigenvalue weighted by molar-refractivity contribution is 5.78. The molecule has 2 rings (SSSR count). The van der Waals surface area contributed by atoms with Crippen LogP contribution in [0.5, 0.6) is 0 Å². The van der Waals surface area contributed by atoms with E-state index in [4.69, 9.17) is 0 Å². The van der Waals surface area contributed by atoms with Gasteiger partial charge >= 0.3 is 0 Å². The molecular formula is C14H21N3O. The number of pyridine rings is 1. The van der Waals surface area contributed by atoms with E-state index in [1.807, 2.05) is 19.1 Å². The van der Waals surface area contributed by atoms with Crippen molar-refractivity contribution < 1.29 is 4.79 Å². The largest absolute Gasteiger partial charge is 0.350 e. The van der Waals surface area contributed by atoms with E-state index in [0.29, 0.717) is 12.6 Å². The highest BCUT2D eigenvalue weighted by atomic mass is 16.1. The number of carbonyl (C=O) groups excluding carboxylic acids is 1. The van der Waals surface area contributed by atoms with Crippen LogP contribution >= 0.6 is 0 Å². The Balaban J connectivity index is 1.86. The van der Waals surface area contributed by atoms with Gasteiger partial charge in [-0.2, -0.15) is 0 Å². The molecule has 0 bridgehead atoms. The van der Waals surface area contributed by atoms with Gasteiger partial charge < -0.3 is 10.6 Å². The number of rotatable bonds is 3. The lowest BCUT2D eigenvalue weighted by molar-refractivity contribution is -0.126. The van der Waals surface area contributed by atoms with E-state index in [9.17, 15) is 4.79 Å². The van der Waals surface area contributed by atoms with Crippen LogP contribution in [0.1, 0.15) is 31.0 Å². The second-order valence-electron chi connectivity index (χ2n) is 5.06. The minimum Gasteiger partial charge on any atom is -0.350 e. The molecule has 98 valence electrons. The molecule has 0 aliphatic carbocycles. The Morgan fingerprint density at radius 3 is 3.17 bits per heavy atom. The fraction of sp³-hybridized carbons (Fsp3) is 0.571. The number of aromatic nitrogens is 1. The molecule has 18 heavy (non-hydrogen) atoms. The van der Waals surface area contributed by atoms with Crippen molar-refractivity contribution in [2.45, 2.75) is 39.3 Å². The molecule has 1 aromatic rings. The Labute approximate surface area is 108 Å². The number of nitrogens with one attached hydrogen (secondary N) is 2. The molecule has 1 aromatic heterocycles. The predicted octanol–water partition coefficient (Wildman–Crippen LogP) is 1.39. The van der Waals surface area contributed by atoms with Gasteiger partial charge in [0.2, 0.25) is 5.91 Å². The Morgan fingerprint density at radius 1 is 1.61 bits per heavy atom. The van der Waals surface area contributed by atoms with Crippen molar-refractivity contribution in [1.29, 1.82) is 0 Å². The zero-order valence-electron chi connectivity index (χ0n) is 11.1. The molecule has 2 atom stereocenters. The van der Waals surface area contributed by atoms with Gasteiger partial charge in [0.25, 0.3) is 0 Å². The van der Waals surface area contributed by atoms with Gasteiger partial charge in [-0.05, 0) is 44.9 Å². The third-order valence-electron chi connectivity index (χ3n) is 3.54. The summed E-state index contributed by atoms with van der Waals surface area (Å²) in [4.78, 5) is 16.3. The van der Waals surface area contributed by atoms with Crippen molar-refractivity contribution in [1.82, 2.24) is 15.6 Å². The Morgan fingerprint density at radius 2 is 2.44 bits per heavy atom. The van der Waals surface area contributed by atoms with E-state index >= 15 is 0 Å². The van der Waals surface area contributed by atoms with Crippen LogP contribution in [0.2, 0.25) is 0 Å². The van der Waals surface area contributed by atoms with Crippen LogP contribution in [0.15, 0.2) is 18.3 Å². The molecule has 0 unspecified atom stereocenters. The first-order chi connectivity index (χ1) is 8.66. The van der Waals surface area contributed by atoms with E-state index < -0.39 is 0 Å². The molecular weight excluding hydrogens is 226 g/mol. The zero-order chi connectivity index (χ0) is 13.0. The number of carbonyl (C=O) groups is 1. The smallest absolute Gasteiger partial charge is 0.223 e. The summed E-state index contributed by atoms with van der Waals surface area (Å²) in [6.07, 6.45) is 3.62. The van der Waals surface area contributed by atoms with Crippen LogP contribution in [-0.4, -0.2) is 23.5 Å². The summed E-state index contributed by atoms with van der Waals surface area (Å²) >= 11 is 0. The van der Waals surface area contributed by atoms with Gasteiger partial charge in [-0.3, -0.25) is 9.78 Å². The maximum atomic E-state index is 12.1. The van der Waals surface area contributed by atoms with Crippen molar-refractivity contribution in [2.24, 2.45) is 5.92 Å². The molecule has 1 aliphatic heterocycles. The number of piperidine rings is 1. The van der Waals surface area contributed by atoms with E-state index in [2.05, 4.69) is 22.5 Å². The molecule has 1 fully saturated rings. The van der Waals surface area contributed by atoms with E-state index in [-0.39, 0.29) is 11.8 Å². The average Bonchev–Trinajstić information content (AvgIpc) is 2.37. The minimum absolute atomic E-state index is 0.144. The number of hydrogen-bond donors (Lipinski definition) is 2. The first-order valence-electron chi connectivity index (χ1n) is 6.58. The number of aryl methyl sites for hydroxylation is 1. The third-order valence-corrected chi connectivity index (χ3v) is 3.54. The second-order valence-corrected chi connectivity index (χ2v) is 5.06. The van der Waals surface area contributed by atoms with Gasteiger partial charge in [0.1, 0.15) is 0 Å². The zero-order valence-corrected chi connectivity index (χ0v) is 11.1. The lowest BCUT2D eigenvalue weighted by Crippen LogP contribution is -2.42. The van der Waals surface area contributed by atoms with Gasteiger partial charge in [0, 0.05) is 18.2 Å². The molecule has 1 aliphatic rings.